The van der Waals surface area contributed by atoms with Gasteiger partial charge in [0.2, 0.25) is 0 Å². The zero-order valence-electron chi connectivity index (χ0n) is 7.64. The van der Waals surface area contributed by atoms with Gasteiger partial charge in [0.1, 0.15) is 0 Å². The highest BCUT2D eigenvalue weighted by Crippen LogP contribution is 2.39. The predicted molar refractivity (Wildman–Crippen MR) is 47.3 cm³/mol. The summed E-state index contributed by atoms with van der Waals surface area (Å²) in [4.78, 5) is 22.6. The van der Waals surface area contributed by atoms with Gasteiger partial charge in [-0.3, -0.25) is 0 Å². The van der Waals surface area contributed by atoms with Crippen LogP contribution in [0.5, 0.6) is 0 Å². The van der Waals surface area contributed by atoms with E-state index in [1.54, 1.807) is 0 Å². The molecule has 76 valence electrons. The first-order chi connectivity index (χ1) is 6.66. The molecule has 3 fully saturated rings. The predicted octanol–water partition coefficient (Wildman–Crippen LogP) is -0.421. The number of hydrogen-bond donors (Lipinski definition) is 4. The molecule has 0 radical (unpaired) electrons. The molecule has 0 bridgehead atoms. The van der Waals surface area contributed by atoms with Gasteiger partial charge in [-0.15, -0.1) is 0 Å². The van der Waals surface area contributed by atoms with Crippen molar-refractivity contribution in [1.29, 1.82) is 0 Å². The molecule has 2 saturated heterocycles. The molecule has 0 spiro atoms. The summed E-state index contributed by atoms with van der Waals surface area (Å²) in [5, 5.41) is 11.2. The number of nitrogens with one attached hydrogen (secondary N) is 4. The molecule has 2 heterocycles. The normalized spacial score (nSPS) is 44.3. The lowest BCUT2D eigenvalue weighted by Gasteiger charge is -2.40. The second kappa shape index (κ2) is 2.13. The molecule has 0 aromatic rings. The van der Waals surface area contributed by atoms with E-state index in [2.05, 4.69) is 21.3 Å². The van der Waals surface area contributed by atoms with E-state index in [0.29, 0.717) is 0 Å². The van der Waals surface area contributed by atoms with Crippen LogP contribution in [0.15, 0.2) is 0 Å². The summed E-state index contributed by atoms with van der Waals surface area (Å²) in [5.41, 5.74) is -1.20. The minimum atomic E-state index is -0.598. The molecule has 0 unspecified atom stereocenters. The SMILES string of the molecule is O=C1NC23CCCCC2(N1)NC(=O)N3. The average Bonchev–Trinajstić information content (AvgIpc) is 2.49. The van der Waals surface area contributed by atoms with E-state index >= 15 is 0 Å². The third-order valence-electron chi connectivity index (χ3n) is 3.39. The Kier molecular flexibility index (Phi) is 1.20. The van der Waals surface area contributed by atoms with Crippen LogP contribution in [0.25, 0.3) is 0 Å². The summed E-state index contributed by atoms with van der Waals surface area (Å²) in [6, 6.07) is -0.418. The molecule has 6 heteroatoms. The molecule has 6 nitrogen and oxygen atoms in total. The summed E-state index contributed by atoms with van der Waals surface area (Å²) in [6.45, 7) is 0. The van der Waals surface area contributed by atoms with E-state index in [0.717, 1.165) is 25.7 Å². The van der Waals surface area contributed by atoms with Crippen LogP contribution in [-0.4, -0.2) is 23.4 Å². The number of amides is 4. The molecule has 2 aliphatic heterocycles. The Morgan fingerprint density at radius 1 is 0.786 bits per heavy atom. The molecule has 1 aliphatic carbocycles. The smallest absolute Gasteiger partial charge is 0.311 e. The van der Waals surface area contributed by atoms with Gasteiger partial charge in [0.15, 0.2) is 11.3 Å². The number of carbonyl (C=O) groups excluding carboxylic acids is 2. The van der Waals surface area contributed by atoms with Crippen LogP contribution in [0.4, 0.5) is 9.59 Å². The van der Waals surface area contributed by atoms with E-state index in [1.807, 2.05) is 0 Å². The Balaban J connectivity index is 2.06. The van der Waals surface area contributed by atoms with Gasteiger partial charge in [0.25, 0.3) is 0 Å². The van der Waals surface area contributed by atoms with Gasteiger partial charge in [-0.25, -0.2) is 9.59 Å². The van der Waals surface area contributed by atoms with Gasteiger partial charge in [0.05, 0.1) is 0 Å². The first-order valence-electron chi connectivity index (χ1n) is 4.87. The lowest BCUT2D eigenvalue weighted by atomic mass is 9.81. The van der Waals surface area contributed by atoms with Gasteiger partial charge < -0.3 is 21.3 Å². The van der Waals surface area contributed by atoms with Crippen molar-refractivity contribution in [3.63, 3.8) is 0 Å². The van der Waals surface area contributed by atoms with Gasteiger partial charge in [0, 0.05) is 0 Å². The van der Waals surface area contributed by atoms with Crippen LogP contribution in [-0.2, 0) is 0 Å². The molecule has 1 saturated carbocycles. The van der Waals surface area contributed by atoms with Crippen LogP contribution in [0.2, 0.25) is 0 Å². The molecule has 4 amide bonds. The maximum atomic E-state index is 11.3. The zero-order chi connectivity index (χ0) is 9.81. The monoisotopic (exact) mass is 196 g/mol. The van der Waals surface area contributed by atoms with Crippen molar-refractivity contribution < 1.29 is 9.59 Å². The lowest BCUT2D eigenvalue weighted by molar-refractivity contribution is 0.138. The standard InChI is InChI=1S/C8H12N4O2/c13-5-9-7-3-1-2-4-8(7,11-5)12-6(14)10-7/h1-4H2,(H2,9,11,13)(H2,10,12,14). The highest BCUT2D eigenvalue weighted by Gasteiger charge is 2.64. The van der Waals surface area contributed by atoms with Crippen molar-refractivity contribution in [1.82, 2.24) is 21.3 Å². The van der Waals surface area contributed by atoms with Crippen LogP contribution in [0.1, 0.15) is 25.7 Å². The van der Waals surface area contributed by atoms with E-state index in [1.165, 1.54) is 0 Å². The van der Waals surface area contributed by atoms with Crippen LogP contribution in [0.3, 0.4) is 0 Å². The fraction of sp³-hybridized carbons (Fsp3) is 0.750. The van der Waals surface area contributed by atoms with E-state index in [-0.39, 0.29) is 12.1 Å². The van der Waals surface area contributed by atoms with Crippen molar-refractivity contribution in [2.75, 3.05) is 0 Å². The third-order valence-corrected chi connectivity index (χ3v) is 3.39. The average molecular weight is 196 g/mol. The molecule has 0 aromatic heterocycles. The quantitative estimate of drug-likeness (QED) is 0.424. The lowest BCUT2D eigenvalue weighted by Crippen LogP contribution is -2.67. The van der Waals surface area contributed by atoms with Crippen LogP contribution < -0.4 is 21.3 Å². The molecule has 4 N–H and O–H groups in total. The molecule has 3 rings (SSSR count). The fourth-order valence-electron chi connectivity index (χ4n) is 2.78. The van der Waals surface area contributed by atoms with Crippen LogP contribution in [0, 0.1) is 0 Å². The highest BCUT2D eigenvalue weighted by atomic mass is 16.2. The van der Waals surface area contributed by atoms with Crippen molar-refractivity contribution in [2.45, 2.75) is 37.0 Å². The summed E-state index contributed by atoms with van der Waals surface area (Å²) in [7, 11) is 0. The Morgan fingerprint density at radius 2 is 1.14 bits per heavy atom. The topological polar surface area (TPSA) is 82.3 Å². The van der Waals surface area contributed by atoms with Crippen LogP contribution >= 0.6 is 0 Å². The largest absolute Gasteiger partial charge is 0.318 e. The number of rotatable bonds is 0. The first-order valence-corrected chi connectivity index (χ1v) is 4.87. The Bertz CT molecular complexity index is 279. The van der Waals surface area contributed by atoms with E-state index < -0.39 is 11.3 Å². The summed E-state index contributed by atoms with van der Waals surface area (Å²) in [6.07, 6.45) is 3.60. The van der Waals surface area contributed by atoms with Gasteiger partial charge in [-0.05, 0) is 25.7 Å². The van der Waals surface area contributed by atoms with E-state index in [4.69, 9.17) is 0 Å². The molecule has 0 atom stereocenters. The zero-order valence-corrected chi connectivity index (χ0v) is 7.64. The van der Waals surface area contributed by atoms with Crippen molar-refractivity contribution >= 4 is 12.1 Å². The maximum Gasteiger partial charge on any atom is 0.318 e. The molecule has 3 aliphatic rings. The molecule has 14 heavy (non-hydrogen) atoms. The first kappa shape index (κ1) is 7.90. The Morgan fingerprint density at radius 3 is 1.50 bits per heavy atom. The number of urea groups is 2. The minimum absolute atomic E-state index is 0.209. The second-order valence-corrected chi connectivity index (χ2v) is 4.18. The molecular weight excluding hydrogens is 184 g/mol. The maximum absolute atomic E-state index is 11.3. The van der Waals surface area contributed by atoms with Gasteiger partial charge >= 0.3 is 12.1 Å². The van der Waals surface area contributed by atoms with Crippen molar-refractivity contribution in [3.8, 4) is 0 Å². The summed E-state index contributed by atoms with van der Waals surface area (Å²) >= 11 is 0. The van der Waals surface area contributed by atoms with E-state index in [9.17, 15) is 9.59 Å². The number of carbonyl (C=O) groups is 2. The second-order valence-electron chi connectivity index (χ2n) is 4.18. The molecular formula is C8H12N4O2. The summed E-state index contributed by atoms with van der Waals surface area (Å²) in [5.74, 6) is 0. The fourth-order valence-corrected chi connectivity index (χ4v) is 2.78. The Hall–Kier alpha value is -1.46. The third kappa shape index (κ3) is 0.718. The highest BCUT2D eigenvalue weighted by molar-refractivity contribution is 5.88. The summed E-state index contributed by atoms with van der Waals surface area (Å²) < 4.78 is 0. The Labute approximate surface area is 80.8 Å². The van der Waals surface area contributed by atoms with Crippen molar-refractivity contribution in [3.05, 3.63) is 0 Å². The van der Waals surface area contributed by atoms with Gasteiger partial charge in [-0.2, -0.15) is 0 Å². The minimum Gasteiger partial charge on any atom is -0.311 e. The number of hydrogen-bond acceptors (Lipinski definition) is 2. The van der Waals surface area contributed by atoms with Crippen molar-refractivity contribution in [2.24, 2.45) is 0 Å². The molecule has 0 aromatic carbocycles. The van der Waals surface area contributed by atoms with Gasteiger partial charge in [-0.1, -0.05) is 0 Å².